The molecule has 0 amide bonds. The summed E-state index contributed by atoms with van der Waals surface area (Å²) in [5.74, 6) is 0.641. The first kappa shape index (κ1) is 8.63. The van der Waals surface area contributed by atoms with E-state index in [9.17, 15) is 0 Å². The van der Waals surface area contributed by atoms with Crippen molar-refractivity contribution in [3.05, 3.63) is 16.6 Å². The predicted octanol–water partition coefficient (Wildman–Crippen LogP) is 2.90. The van der Waals surface area contributed by atoms with Gasteiger partial charge in [-0.15, -0.1) is 11.3 Å². The summed E-state index contributed by atoms with van der Waals surface area (Å²) in [4.78, 5) is 5.33. The summed E-state index contributed by atoms with van der Waals surface area (Å²) in [6.07, 6.45) is 1.93. The highest BCUT2D eigenvalue weighted by atomic mass is 32.1. The van der Waals surface area contributed by atoms with Crippen molar-refractivity contribution in [2.75, 3.05) is 0 Å². The molecule has 0 fully saturated rings. The van der Waals surface area contributed by atoms with Crippen molar-refractivity contribution in [2.24, 2.45) is 0 Å². The molecular formula is C7H13NS. The van der Waals surface area contributed by atoms with Gasteiger partial charge in [0, 0.05) is 11.1 Å². The molecule has 0 aliphatic heterocycles. The lowest BCUT2D eigenvalue weighted by Crippen LogP contribution is -1.77. The van der Waals surface area contributed by atoms with Crippen molar-refractivity contribution in [2.45, 2.75) is 27.2 Å². The van der Waals surface area contributed by atoms with E-state index < -0.39 is 0 Å². The second-order valence-electron chi connectivity index (χ2n) is 2.06. The fourth-order valence-corrected chi connectivity index (χ4v) is 1.15. The van der Waals surface area contributed by atoms with Gasteiger partial charge < -0.3 is 0 Å². The minimum Gasteiger partial charge on any atom is -0.253 e. The number of hydrogen-bond donors (Lipinski definition) is 0. The molecule has 1 nitrogen and oxygen atoms in total. The number of rotatable bonds is 1. The fourth-order valence-electron chi connectivity index (χ4n) is 0.511. The molecule has 0 saturated heterocycles. The van der Waals surface area contributed by atoms with Crippen LogP contribution in [0, 0.1) is 0 Å². The third-order valence-corrected chi connectivity index (χ3v) is 2.10. The smallest absolute Gasteiger partial charge is 0.0794 e. The zero-order valence-electron chi connectivity index (χ0n) is 5.09. The van der Waals surface area contributed by atoms with E-state index in [0.717, 1.165) is 0 Å². The van der Waals surface area contributed by atoms with Crippen molar-refractivity contribution >= 4 is 11.3 Å². The lowest BCUT2D eigenvalue weighted by molar-refractivity contribution is 0.885. The van der Waals surface area contributed by atoms with E-state index in [1.807, 2.05) is 11.7 Å². The van der Waals surface area contributed by atoms with Crippen LogP contribution in [-0.4, -0.2) is 4.98 Å². The number of nitrogens with zero attached hydrogens (tertiary/aromatic N) is 1. The molecule has 1 aromatic rings. The van der Waals surface area contributed by atoms with Gasteiger partial charge >= 0.3 is 0 Å². The second kappa shape index (κ2) is 3.62. The van der Waals surface area contributed by atoms with E-state index in [2.05, 4.69) is 18.8 Å². The summed E-state index contributed by atoms with van der Waals surface area (Å²) in [5, 5.41) is 0. The van der Waals surface area contributed by atoms with Gasteiger partial charge in [-0.1, -0.05) is 21.3 Å². The first-order valence-corrected chi connectivity index (χ1v) is 3.57. The highest BCUT2D eigenvalue weighted by Gasteiger charge is 1.96. The molecule has 1 aromatic heterocycles. The van der Waals surface area contributed by atoms with Gasteiger partial charge in [-0.2, -0.15) is 0 Å². The third kappa shape index (κ3) is 2.14. The average molecular weight is 143 g/mol. The molecule has 0 bridgehead atoms. The van der Waals surface area contributed by atoms with Gasteiger partial charge in [0.25, 0.3) is 0 Å². The maximum atomic E-state index is 3.96. The Bertz CT molecular complexity index is 144. The van der Waals surface area contributed by atoms with E-state index in [1.165, 1.54) is 4.88 Å². The predicted molar refractivity (Wildman–Crippen MR) is 42.9 cm³/mol. The second-order valence-corrected chi connectivity index (χ2v) is 2.98. The standard InChI is InChI=1S/C6H9NS.CH4/c1-5(2)6-3-7-4-8-6;/h3-5H,1-2H3;1H4. The van der Waals surface area contributed by atoms with Crippen LogP contribution in [0.2, 0.25) is 0 Å². The Labute approximate surface area is 60.8 Å². The summed E-state index contributed by atoms with van der Waals surface area (Å²) in [5.41, 5.74) is 1.87. The van der Waals surface area contributed by atoms with Gasteiger partial charge in [0.15, 0.2) is 0 Å². The van der Waals surface area contributed by atoms with Crippen molar-refractivity contribution in [1.29, 1.82) is 0 Å². The molecule has 2 heteroatoms. The van der Waals surface area contributed by atoms with E-state index in [1.54, 1.807) is 11.3 Å². The maximum Gasteiger partial charge on any atom is 0.0794 e. The van der Waals surface area contributed by atoms with Crippen molar-refractivity contribution in [3.8, 4) is 0 Å². The zero-order valence-corrected chi connectivity index (χ0v) is 5.90. The molecule has 0 aromatic carbocycles. The van der Waals surface area contributed by atoms with E-state index >= 15 is 0 Å². The zero-order chi connectivity index (χ0) is 5.98. The molecule has 0 aliphatic carbocycles. The molecule has 1 rings (SSSR count). The molecule has 52 valence electrons. The normalized spacial score (nSPS) is 9.22. The van der Waals surface area contributed by atoms with Crippen LogP contribution in [0.3, 0.4) is 0 Å². The highest BCUT2D eigenvalue weighted by molar-refractivity contribution is 7.09. The number of hydrogen-bond acceptors (Lipinski definition) is 2. The number of aromatic nitrogens is 1. The van der Waals surface area contributed by atoms with Crippen LogP contribution in [0.4, 0.5) is 0 Å². The van der Waals surface area contributed by atoms with Gasteiger partial charge in [-0.25, -0.2) is 0 Å². The summed E-state index contributed by atoms with van der Waals surface area (Å²) in [6, 6.07) is 0. The Morgan fingerprint density at radius 2 is 2.22 bits per heavy atom. The Hall–Kier alpha value is -0.370. The Kier molecular flexibility index (Phi) is 3.47. The average Bonchev–Trinajstić information content (AvgIpc) is 2.12. The highest BCUT2D eigenvalue weighted by Crippen LogP contribution is 2.16. The van der Waals surface area contributed by atoms with E-state index in [-0.39, 0.29) is 7.43 Å². The third-order valence-electron chi connectivity index (χ3n) is 1.02. The Morgan fingerprint density at radius 3 is 2.44 bits per heavy atom. The Balaban J connectivity index is 0.000000640. The monoisotopic (exact) mass is 143 g/mol. The molecule has 0 atom stereocenters. The van der Waals surface area contributed by atoms with Crippen molar-refractivity contribution < 1.29 is 0 Å². The van der Waals surface area contributed by atoms with Crippen LogP contribution in [0.25, 0.3) is 0 Å². The summed E-state index contributed by atoms with van der Waals surface area (Å²) in [6.45, 7) is 4.35. The molecule has 0 radical (unpaired) electrons. The van der Waals surface area contributed by atoms with Crippen molar-refractivity contribution in [1.82, 2.24) is 4.98 Å². The van der Waals surface area contributed by atoms with Gasteiger partial charge in [0.1, 0.15) is 0 Å². The molecule has 0 unspecified atom stereocenters. The van der Waals surface area contributed by atoms with Gasteiger partial charge in [0.2, 0.25) is 0 Å². The van der Waals surface area contributed by atoms with Gasteiger partial charge in [-0.3, -0.25) is 4.98 Å². The first-order valence-electron chi connectivity index (χ1n) is 2.69. The molecule has 0 aliphatic rings. The molecule has 0 N–H and O–H groups in total. The SMILES string of the molecule is C.CC(C)c1cncs1. The minimum atomic E-state index is 0. The summed E-state index contributed by atoms with van der Waals surface area (Å²) >= 11 is 1.72. The first-order chi connectivity index (χ1) is 3.80. The Morgan fingerprint density at radius 1 is 1.56 bits per heavy atom. The molecule has 0 saturated carbocycles. The largest absolute Gasteiger partial charge is 0.253 e. The van der Waals surface area contributed by atoms with E-state index in [0.29, 0.717) is 5.92 Å². The van der Waals surface area contributed by atoms with Crippen LogP contribution in [0.15, 0.2) is 11.7 Å². The van der Waals surface area contributed by atoms with Gasteiger partial charge in [0.05, 0.1) is 5.51 Å². The summed E-state index contributed by atoms with van der Waals surface area (Å²) < 4.78 is 0. The maximum absolute atomic E-state index is 3.96. The van der Waals surface area contributed by atoms with E-state index in [4.69, 9.17) is 0 Å². The lowest BCUT2D eigenvalue weighted by atomic mass is 10.2. The van der Waals surface area contributed by atoms with Crippen molar-refractivity contribution in [3.63, 3.8) is 0 Å². The molecule has 9 heavy (non-hydrogen) atoms. The van der Waals surface area contributed by atoms with Crippen LogP contribution in [0.1, 0.15) is 32.1 Å². The quantitative estimate of drug-likeness (QED) is 0.589. The molecule has 0 spiro atoms. The number of thiazole rings is 1. The topological polar surface area (TPSA) is 12.9 Å². The fraction of sp³-hybridized carbons (Fsp3) is 0.571. The van der Waals surface area contributed by atoms with Crippen LogP contribution < -0.4 is 0 Å². The summed E-state index contributed by atoms with van der Waals surface area (Å²) in [7, 11) is 0. The van der Waals surface area contributed by atoms with Crippen LogP contribution in [0.5, 0.6) is 0 Å². The lowest BCUT2D eigenvalue weighted by Gasteiger charge is -1.94. The van der Waals surface area contributed by atoms with Crippen LogP contribution in [-0.2, 0) is 0 Å². The van der Waals surface area contributed by atoms with Gasteiger partial charge in [-0.05, 0) is 5.92 Å². The minimum absolute atomic E-state index is 0. The van der Waals surface area contributed by atoms with Crippen LogP contribution >= 0.6 is 11.3 Å². The molecular weight excluding hydrogens is 130 g/mol. The molecule has 1 heterocycles.